The second-order valence-electron chi connectivity index (χ2n) is 12.2. The molecule has 0 saturated heterocycles. The number of aryl methyl sites for hydroxylation is 2. The van der Waals surface area contributed by atoms with Crippen molar-refractivity contribution in [2.75, 3.05) is 18.0 Å². The largest absolute Gasteiger partial charge is 0.416 e. The third kappa shape index (κ3) is 7.83. The van der Waals surface area contributed by atoms with Gasteiger partial charge in [-0.15, -0.1) is 0 Å². The number of aromatic nitrogens is 3. The first-order valence-electron chi connectivity index (χ1n) is 16.0. The van der Waals surface area contributed by atoms with Crippen molar-refractivity contribution in [1.82, 2.24) is 19.4 Å². The number of rotatable bonds is 11. The minimum absolute atomic E-state index is 0.0688. The highest BCUT2D eigenvalue weighted by Crippen LogP contribution is 2.35. The number of pyridine rings is 1. The first kappa shape index (κ1) is 34.3. The van der Waals surface area contributed by atoms with Crippen LogP contribution in [-0.2, 0) is 37.4 Å². The van der Waals surface area contributed by atoms with Crippen LogP contribution in [0.15, 0.2) is 116 Å². The van der Waals surface area contributed by atoms with Gasteiger partial charge in [0, 0.05) is 50.2 Å². The summed E-state index contributed by atoms with van der Waals surface area (Å²) in [4.78, 5) is 26.8. The molecule has 50 heavy (non-hydrogen) atoms. The summed E-state index contributed by atoms with van der Waals surface area (Å²) in [6.45, 7) is 4.73. The second-order valence-corrected chi connectivity index (χ2v) is 12.2. The minimum atomic E-state index is -4.41. The highest BCUT2D eigenvalue weighted by atomic mass is 19.4. The number of halogens is 5. The Bertz CT molecular complexity index is 2030. The molecule has 3 heterocycles. The molecule has 0 saturated carbocycles. The first-order chi connectivity index (χ1) is 24.0. The van der Waals surface area contributed by atoms with E-state index in [1.807, 2.05) is 59.1 Å². The van der Waals surface area contributed by atoms with E-state index in [0.29, 0.717) is 42.0 Å². The van der Waals surface area contributed by atoms with Crippen LogP contribution in [0.4, 0.5) is 27.8 Å². The summed E-state index contributed by atoms with van der Waals surface area (Å²) in [5.74, 6) is -1.46. The van der Waals surface area contributed by atoms with Crippen molar-refractivity contribution in [3.63, 3.8) is 0 Å². The number of allylic oxidation sites excluding steroid dienone is 3. The molecular formula is C39H34F5N5O. The Kier molecular flexibility index (Phi) is 9.94. The van der Waals surface area contributed by atoms with Gasteiger partial charge in [0.25, 0.3) is 0 Å². The summed E-state index contributed by atoms with van der Waals surface area (Å²) in [6, 6.07) is 20.1. The third-order valence-electron chi connectivity index (χ3n) is 8.67. The lowest BCUT2D eigenvalue weighted by molar-refractivity contribution is -0.137. The monoisotopic (exact) mass is 683 g/mol. The Morgan fingerprint density at radius 1 is 0.880 bits per heavy atom. The van der Waals surface area contributed by atoms with E-state index in [0.717, 1.165) is 40.6 Å². The molecule has 3 aromatic carbocycles. The number of hydrogen-bond donors (Lipinski definition) is 0. The molecule has 0 N–H and O–H groups in total. The summed E-state index contributed by atoms with van der Waals surface area (Å²) in [5, 5.41) is 0. The van der Waals surface area contributed by atoms with Crippen molar-refractivity contribution >= 4 is 17.3 Å². The van der Waals surface area contributed by atoms with Gasteiger partial charge in [-0.25, -0.2) is 18.7 Å². The predicted octanol–water partition coefficient (Wildman–Crippen LogP) is 8.40. The van der Waals surface area contributed by atoms with Crippen molar-refractivity contribution in [1.29, 1.82) is 0 Å². The maximum Gasteiger partial charge on any atom is 0.416 e. The average Bonchev–Trinajstić information content (AvgIpc) is 3.53. The Balaban J connectivity index is 1.24. The van der Waals surface area contributed by atoms with E-state index < -0.39 is 23.4 Å². The molecule has 0 fully saturated rings. The van der Waals surface area contributed by atoms with Gasteiger partial charge in [0.15, 0.2) is 11.6 Å². The van der Waals surface area contributed by atoms with Gasteiger partial charge in [0.1, 0.15) is 12.4 Å². The van der Waals surface area contributed by atoms with Crippen LogP contribution in [0.1, 0.15) is 34.4 Å². The van der Waals surface area contributed by atoms with Crippen LogP contribution in [0.3, 0.4) is 0 Å². The molecule has 11 heteroatoms. The van der Waals surface area contributed by atoms with Crippen LogP contribution in [0, 0.1) is 11.6 Å². The fraction of sp³-hybridized carbons (Fsp3) is 0.205. The smallest absolute Gasteiger partial charge is 0.340 e. The molecule has 1 amide bonds. The summed E-state index contributed by atoms with van der Waals surface area (Å²) in [5.41, 5.74) is 4.72. The molecule has 0 spiro atoms. The maximum absolute atomic E-state index is 14.6. The Morgan fingerprint density at radius 2 is 1.60 bits per heavy atom. The number of imidazole rings is 1. The van der Waals surface area contributed by atoms with E-state index in [-0.39, 0.29) is 31.0 Å². The zero-order valence-electron chi connectivity index (χ0n) is 27.3. The average molecular weight is 684 g/mol. The fourth-order valence-electron chi connectivity index (χ4n) is 5.99. The van der Waals surface area contributed by atoms with E-state index in [4.69, 9.17) is 0 Å². The molecule has 6 nitrogen and oxygen atoms in total. The zero-order valence-corrected chi connectivity index (χ0v) is 27.3. The van der Waals surface area contributed by atoms with Crippen molar-refractivity contribution in [2.24, 2.45) is 7.05 Å². The van der Waals surface area contributed by atoms with E-state index in [2.05, 4.69) is 16.5 Å². The van der Waals surface area contributed by atoms with Crippen molar-refractivity contribution in [3.05, 3.63) is 156 Å². The lowest BCUT2D eigenvalue weighted by Crippen LogP contribution is -2.42. The van der Waals surface area contributed by atoms with Gasteiger partial charge >= 0.3 is 6.18 Å². The molecule has 1 aliphatic heterocycles. The summed E-state index contributed by atoms with van der Waals surface area (Å²) < 4.78 is 69.5. The number of anilines is 1. The fourth-order valence-corrected chi connectivity index (χ4v) is 5.99. The maximum atomic E-state index is 14.6. The van der Waals surface area contributed by atoms with Crippen LogP contribution >= 0.6 is 0 Å². The molecule has 1 aliphatic rings. The number of nitrogens with zero attached hydrogens (tertiary/aromatic N) is 5. The molecule has 0 atom stereocenters. The van der Waals surface area contributed by atoms with E-state index in [1.165, 1.54) is 18.2 Å². The van der Waals surface area contributed by atoms with Crippen molar-refractivity contribution < 1.29 is 26.7 Å². The molecule has 256 valence electrons. The number of carbonyl (C=O) groups is 1. The molecular weight excluding hydrogens is 649 g/mol. The van der Waals surface area contributed by atoms with Gasteiger partial charge in [-0.3, -0.25) is 4.79 Å². The normalized spacial score (nSPS) is 12.9. The molecule has 6 rings (SSSR count). The molecule has 0 unspecified atom stereocenters. The number of fused-ring (bicyclic) bond motifs is 1. The Labute approximate surface area is 286 Å². The van der Waals surface area contributed by atoms with E-state index in [1.54, 1.807) is 29.6 Å². The lowest BCUT2D eigenvalue weighted by atomic mass is 9.98. The predicted molar refractivity (Wildman–Crippen MR) is 183 cm³/mol. The summed E-state index contributed by atoms with van der Waals surface area (Å²) in [7, 11) is 1.87. The van der Waals surface area contributed by atoms with Crippen LogP contribution in [0.25, 0.3) is 16.7 Å². The van der Waals surface area contributed by atoms with Gasteiger partial charge in [0.2, 0.25) is 5.91 Å². The SMILES string of the molecule is C=C1C=C(CCc2cccc(F)c2F)N(CC(=O)N(CCc2cn(C)cn2)Cc2ccc(-c3ccc(C(F)(F)F)cc3)cc2)c2ncccc21. The summed E-state index contributed by atoms with van der Waals surface area (Å²) in [6.07, 6.45) is 3.68. The number of carbonyl (C=O) groups excluding carboxylic acids is 1. The van der Waals surface area contributed by atoms with E-state index >= 15 is 0 Å². The topological polar surface area (TPSA) is 54.3 Å². The van der Waals surface area contributed by atoms with Crippen molar-refractivity contribution in [2.45, 2.75) is 32.0 Å². The highest BCUT2D eigenvalue weighted by molar-refractivity contribution is 5.89. The third-order valence-corrected chi connectivity index (χ3v) is 8.67. The molecule has 0 radical (unpaired) electrons. The Hall–Kier alpha value is -5.58. The van der Waals surface area contributed by atoms with Gasteiger partial charge < -0.3 is 14.4 Å². The number of alkyl halides is 3. The van der Waals surface area contributed by atoms with Crippen molar-refractivity contribution in [3.8, 4) is 11.1 Å². The van der Waals surface area contributed by atoms with Gasteiger partial charge in [-0.1, -0.05) is 55.1 Å². The lowest BCUT2D eigenvalue weighted by Gasteiger charge is -2.34. The van der Waals surface area contributed by atoms with Crippen LogP contribution in [-0.4, -0.2) is 38.4 Å². The van der Waals surface area contributed by atoms with Crippen LogP contribution in [0.5, 0.6) is 0 Å². The molecule has 2 aromatic heterocycles. The van der Waals surface area contributed by atoms with Gasteiger partial charge in [-0.2, -0.15) is 13.2 Å². The second kappa shape index (κ2) is 14.5. The quantitative estimate of drug-likeness (QED) is 0.131. The standard InChI is InChI=1S/C39H34F5N5O/c1-26-21-33(17-14-30-5-3-7-35(40)37(30)41)49(38-34(26)6-4-19-45-38)24-36(50)48(20-18-32-23-47(2)25-46-32)22-27-8-10-28(11-9-27)29-12-15-31(16-13-29)39(42,43)44/h3-13,15-16,19,21,23,25H,1,14,17-18,20,22,24H2,2H3. The van der Waals surface area contributed by atoms with Gasteiger partial charge in [-0.05, 0) is 77.1 Å². The number of benzene rings is 3. The molecule has 5 aromatic rings. The number of amides is 1. The minimum Gasteiger partial charge on any atom is -0.340 e. The highest BCUT2D eigenvalue weighted by Gasteiger charge is 2.30. The zero-order chi connectivity index (χ0) is 35.4. The van der Waals surface area contributed by atoms with Gasteiger partial charge in [0.05, 0.1) is 17.6 Å². The van der Waals surface area contributed by atoms with Crippen LogP contribution in [0.2, 0.25) is 0 Å². The molecule has 0 bridgehead atoms. The van der Waals surface area contributed by atoms with E-state index in [9.17, 15) is 26.7 Å². The first-order valence-corrected chi connectivity index (χ1v) is 16.0. The Morgan fingerprint density at radius 3 is 2.28 bits per heavy atom. The molecule has 0 aliphatic carbocycles. The summed E-state index contributed by atoms with van der Waals surface area (Å²) >= 11 is 0. The number of hydrogen-bond acceptors (Lipinski definition) is 4. The van der Waals surface area contributed by atoms with Crippen LogP contribution < -0.4 is 4.90 Å².